The third-order valence-electron chi connectivity index (χ3n) is 3.76. The Balaban J connectivity index is 2.02. The summed E-state index contributed by atoms with van der Waals surface area (Å²) < 4.78 is 46.1. The van der Waals surface area contributed by atoms with E-state index in [1.807, 2.05) is 32.0 Å². The summed E-state index contributed by atoms with van der Waals surface area (Å²) in [4.78, 5) is 0.0712. The number of ether oxygens (including phenoxy) is 1. The molecule has 2 aromatic rings. The van der Waals surface area contributed by atoms with Gasteiger partial charge in [0, 0.05) is 0 Å². The molecule has 1 N–H and O–H groups in total. The molecule has 2 rings (SSSR count). The van der Waals surface area contributed by atoms with Crippen molar-refractivity contribution in [2.75, 3.05) is 6.61 Å². The van der Waals surface area contributed by atoms with Gasteiger partial charge in [0.05, 0.1) is 10.9 Å². The topological polar surface area (TPSA) is 55.4 Å². The maximum atomic E-state index is 13.1. The maximum Gasteiger partial charge on any atom is 0.241 e. The van der Waals surface area contributed by atoms with Gasteiger partial charge in [0.1, 0.15) is 18.2 Å². The number of halogens is 1. The molecule has 0 aliphatic carbocycles. The number of aryl methyl sites for hydroxylation is 3. The van der Waals surface area contributed by atoms with Crippen LogP contribution in [0.5, 0.6) is 5.75 Å². The van der Waals surface area contributed by atoms with Crippen LogP contribution in [0.15, 0.2) is 41.3 Å². The Morgan fingerprint density at radius 1 is 1.04 bits per heavy atom. The van der Waals surface area contributed by atoms with Crippen LogP contribution in [0.3, 0.4) is 0 Å². The van der Waals surface area contributed by atoms with Gasteiger partial charge in [-0.2, -0.15) is 0 Å². The van der Waals surface area contributed by atoms with Crippen molar-refractivity contribution < 1.29 is 17.5 Å². The number of hydrogen-bond donors (Lipinski definition) is 1. The molecule has 0 radical (unpaired) electrons. The Morgan fingerprint density at radius 2 is 1.75 bits per heavy atom. The first-order chi connectivity index (χ1) is 11.2. The summed E-state index contributed by atoms with van der Waals surface area (Å²) in [6.45, 7) is 7.49. The van der Waals surface area contributed by atoms with E-state index in [1.54, 1.807) is 13.8 Å². The molecule has 1 atom stereocenters. The molecular formula is C18H22FNO3S. The van der Waals surface area contributed by atoms with E-state index in [1.165, 1.54) is 17.7 Å². The predicted molar refractivity (Wildman–Crippen MR) is 92.3 cm³/mol. The number of nitrogens with one attached hydrogen (secondary N) is 1. The highest BCUT2D eigenvalue weighted by Gasteiger charge is 2.20. The molecule has 0 spiro atoms. The zero-order valence-corrected chi connectivity index (χ0v) is 15.1. The minimum atomic E-state index is -3.72. The van der Waals surface area contributed by atoms with Gasteiger partial charge < -0.3 is 4.74 Å². The molecular weight excluding hydrogens is 329 g/mol. The summed E-state index contributed by atoms with van der Waals surface area (Å²) in [7, 11) is -3.72. The summed E-state index contributed by atoms with van der Waals surface area (Å²) in [6, 6.07) is 8.91. The Bertz CT molecular complexity index is 834. The molecule has 0 aliphatic heterocycles. The maximum absolute atomic E-state index is 13.1. The summed E-state index contributed by atoms with van der Waals surface area (Å²) in [5, 5.41) is 0. The first-order valence-corrected chi connectivity index (χ1v) is 9.16. The van der Waals surface area contributed by atoms with Crippen LogP contribution in [0.2, 0.25) is 0 Å². The van der Waals surface area contributed by atoms with Crippen molar-refractivity contribution >= 4 is 10.0 Å². The highest BCUT2D eigenvalue weighted by atomic mass is 32.2. The normalized spacial score (nSPS) is 12.9. The average molecular weight is 351 g/mol. The number of rotatable bonds is 6. The molecule has 4 nitrogen and oxygen atoms in total. The lowest BCUT2D eigenvalue weighted by Gasteiger charge is -2.17. The van der Waals surface area contributed by atoms with Gasteiger partial charge in [-0.3, -0.25) is 0 Å². The second-order valence-electron chi connectivity index (χ2n) is 5.99. The van der Waals surface area contributed by atoms with E-state index in [4.69, 9.17) is 4.74 Å². The van der Waals surface area contributed by atoms with Crippen molar-refractivity contribution in [2.24, 2.45) is 0 Å². The molecule has 0 aliphatic rings. The van der Waals surface area contributed by atoms with Gasteiger partial charge in [-0.1, -0.05) is 6.07 Å². The molecule has 0 saturated carbocycles. The fourth-order valence-corrected chi connectivity index (χ4v) is 3.76. The monoisotopic (exact) mass is 351 g/mol. The summed E-state index contributed by atoms with van der Waals surface area (Å²) in [5.41, 5.74) is 2.65. The van der Waals surface area contributed by atoms with Crippen LogP contribution in [0.1, 0.15) is 23.6 Å². The van der Waals surface area contributed by atoms with Crippen molar-refractivity contribution in [2.45, 2.75) is 38.6 Å². The minimum absolute atomic E-state index is 0.0712. The van der Waals surface area contributed by atoms with Gasteiger partial charge in [0.2, 0.25) is 10.0 Å². The van der Waals surface area contributed by atoms with Gasteiger partial charge in [-0.05, 0) is 74.7 Å². The van der Waals surface area contributed by atoms with Gasteiger partial charge in [-0.15, -0.1) is 0 Å². The van der Waals surface area contributed by atoms with E-state index in [2.05, 4.69) is 4.72 Å². The molecule has 6 heteroatoms. The number of sulfonamides is 1. The minimum Gasteiger partial charge on any atom is -0.492 e. The highest BCUT2D eigenvalue weighted by Crippen LogP contribution is 2.18. The lowest BCUT2D eigenvalue weighted by Crippen LogP contribution is -2.37. The van der Waals surface area contributed by atoms with E-state index in [0.29, 0.717) is 11.3 Å². The van der Waals surface area contributed by atoms with E-state index >= 15 is 0 Å². The summed E-state index contributed by atoms with van der Waals surface area (Å²) in [6.07, 6.45) is 0. The summed E-state index contributed by atoms with van der Waals surface area (Å²) in [5.74, 6) is 0.236. The second kappa shape index (κ2) is 7.32. The molecule has 24 heavy (non-hydrogen) atoms. The van der Waals surface area contributed by atoms with Crippen molar-refractivity contribution in [3.63, 3.8) is 0 Å². The van der Waals surface area contributed by atoms with Gasteiger partial charge in [0.25, 0.3) is 0 Å². The average Bonchev–Trinajstić information content (AvgIpc) is 2.47. The first kappa shape index (κ1) is 18.4. The van der Waals surface area contributed by atoms with Crippen molar-refractivity contribution in [1.29, 1.82) is 0 Å². The second-order valence-corrected chi connectivity index (χ2v) is 7.67. The molecule has 0 heterocycles. The Labute approximate surface area is 142 Å². The summed E-state index contributed by atoms with van der Waals surface area (Å²) >= 11 is 0. The zero-order valence-electron chi connectivity index (χ0n) is 14.3. The van der Waals surface area contributed by atoms with Crippen LogP contribution < -0.4 is 9.46 Å². The molecule has 0 saturated heterocycles. The van der Waals surface area contributed by atoms with Gasteiger partial charge in [0.15, 0.2) is 0 Å². The molecule has 0 bridgehead atoms. The predicted octanol–water partition coefficient (Wildman–Crippen LogP) is 3.50. The van der Waals surface area contributed by atoms with E-state index in [-0.39, 0.29) is 11.5 Å². The quantitative estimate of drug-likeness (QED) is 0.867. The molecule has 1 unspecified atom stereocenters. The third-order valence-corrected chi connectivity index (χ3v) is 5.51. The van der Waals surface area contributed by atoms with E-state index in [9.17, 15) is 12.8 Å². The molecule has 0 amide bonds. The van der Waals surface area contributed by atoms with Crippen LogP contribution in [0.25, 0.3) is 0 Å². The van der Waals surface area contributed by atoms with E-state index < -0.39 is 21.9 Å². The number of benzene rings is 2. The SMILES string of the molecule is Cc1ccc(OCC(C)NS(=O)(=O)c2ccc(F)cc2C)cc1C. The fraction of sp³-hybridized carbons (Fsp3) is 0.333. The van der Waals surface area contributed by atoms with Crippen LogP contribution in [0.4, 0.5) is 4.39 Å². The third kappa shape index (κ3) is 4.55. The lowest BCUT2D eigenvalue weighted by atomic mass is 10.1. The van der Waals surface area contributed by atoms with E-state index in [0.717, 1.165) is 11.6 Å². The largest absolute Gasteiger partial charge is 0.492 e. The highest BCUT2D eigenvalue weighted by molar-refractivity contribution is 7.89. The van der Waals surface area contributed by atoms with Crippen molar-refractivity contribution in [3.05, 3.63) is 58.9 Å². The Hall–Kier alpha value is -1.92. The Morgan fingerprint density at radius 3 is 2.38 bits per heavy atom. The molecule has 130 valence electrons. The van der Waals surface area contributed by atoms with Crippen molar-refractivity contribution in [3.8, 4) is 5.75 Å². The number of hydrogen-bond acceptors (Lipinski definition) is 3. The lowest BCUT2D eigenvalue weighted by molar-refractivity contribution is 0.287. The van der Waals surface area contributed by atoms with Gasteiger partial charge >= 0.3 is 0 Å². The fourth-order valence-electron chi connectivity index (χ4n) is 2.30. The van der Waals surface area contributed by atoms with Crippen LogP contribution in [-0.4, -0.2) is 21.1 Å². The zero-order chi connectivity index (χ0) is 17.9. The van der Waals surface area contributed by atoms with Gasteiger partial charge in [-0.25, -0.2) is 17.5 Å². The molecule has 0 aromatic heterocycles. The Kier molecular flexibility index (Phi) is 5.62. The van der Waals surface area contributed by atoms with Crippen molar-refractivity contribution in [1.82, 2.24) is 4.72 Å². The smallest absolute Gasteiger partial charge is 0.241 e. The standard InChI is InChI=1S/C18H22FNO3S/c1-12-5-7-17(10-13(12)2)23-11-15(4)20-24(21,22)18-8-6-16(19)9-14(18)3/h5-10,15,20H,11H2,1-4H3. The molecule has 2 aromatic carbocycles. The molecule has 0 fully saturated rings. The van der Waals surface area contributed by atoms with Crippen LogP contribution in [0, 0.1) is 26.6 Å². The van der Waals surface area contributed by atoms with Crippen LogP contribution in [-0.2, 0) is 10.0 Å². The van der Waals surface area contributed by atoms with Crippen LogP contribution >= 0.6 is 0 Å². The first-order valence-electron chi connectivity index (χ1n) is 7.67.